The number of hydrogen-bond acceptors (Lipinski definition) is 2. The van der Waals surface area contributed by atoms with Crippen LogP contribution in [0.4, 0.5) is 4.39 Å². The van der Waals surface area contributed by atoms with E-state index >= 15 is 0 Å². The Morgan fingerprint density at radius 3 is 2.75 bits per heavy atom. The predicted octanol–water partition coefficient (Wildman–Crippen LogP) is 0.782. The third-order valence-electron chi connectivity index (χ3n) is 2.53. The van der Waals surface area contributed by atoms with Crippen molar-refractivity contribution in [1.29, 1.82) is 0 Å². The van der Waals surface area contributed by atoms with Crippen LogP contribution in [0.1, 0.15) is 10.4 Å². The lowest BCUT2D eigenvalue weighted by molar-refractivity contribution is -0.146. The van der Waals surface area contributed by atoms with E-state index in [9.17, 15) is 14.0 Å². The molecule has 1 fully saturated rings. The van der Waals surface area contributed by atoms with E-state index in [1.54, 1.807) is 0 Å². The Kier molecular flexibility index (Phi) is 2.60. The van der Waals surface area contributed by atoms with Crippen molar-refractivity contribution in [3.8, 4) is 0 Å². The van der Waals surface area contributed by atoms with Crippen molar-refractivity contribution < 1.29 is 19.1 Å². The van der Waals surface area contributed by atoms with E-state index in [4.69, 9.17) is 5.11 Å². The van der Waals surface area contributed by atoms with Gasteiger partial charge in [-0.3, -0.25) is 9.59 Å². The van der Waals surface area contributed by atoms with E-state index in [0.29, 0.717) is 0 Å². The molecule has 0 aromatic heterocycles. The van der Waals surface area contributed by atoms with Crippen LogP contribution in [0.15, 0.2) is 18.2 Å². The molecule has 16 heavy (non-hydrogen) atoms. The molecule has 1 aromatic carbocycles. The Labute approximate surface area is 91.3 Å². The summed E-state index contributed by atoms with van der Waals surface area (Å²) < 4.78 is 12.8. The van der Waals surface area contributed by atoms with Crippen molar-refractivity contribution in [2.45, 2.75) is 0 Å². The minimum atomic E-state index is -0.906. The highest BCUT2D eigenvalue weighted by molar-refractivity contribution is 5.95. The Morgan fingerprint density at radius 2 is 2.19 bits per heavy atom. The lowest BCUT2D eigenvalue weighted by Gasteiger charge is -2.36. The molecular weight excluding hydrogens is 213 g/mol. The van der Waals surface area contributed by atoms with Crippen molar-refractivity contribution >= 4 is 11.9 Å². The molecule has 1 aromatic rings. The van der Waals surface area contributed by atoms with Gasteiger partial charge in [0, 0.05) is 24.7 Å². The average Bonchev–Trinajstić information content (AvgIpc) is 2.14. The first kappa shape index (κ1) is 10.6. The van der Waals surface area contributed by atoms with Crippen LogP contribution in [0.25, 0.3) is 0 Å². The normalized spacial score (nSPS) is 15.7. The van der Waals surface area contributed by atoms with Crippen molar-refractivity contribution in [1.82, 2.24) is 4.90 Å². The molecule has 0 spiro atoms. The number of aliphatic carboxylic acids is 1. The topological polar surface area (TPSA) is 57.6 Å². The zero-order valence-electron chi connectivity index (χ0n) is 8.31. The van der Waals surface area contributed by atoms with E-state index in [-0.39, 0.29) is 24.6 Å². The van der Waals surface area contributed by atoms with Gasteiger partial charge in [0.1, 0.15) is 5.82 Å². The lowest BCUT2D eigenvalue weighted by Crippen LogP contribution is -2.53. The van der Waals surface area contributed by atoms with Crippen molar-refractivity contribution in [3.05, 3.63) is 35.6 Å². The second kappa shape index (κ2) is 3.92. The fraction of sp³-hybridized carbons (Fsp3) is 0.273. The Hall–Kier alpha value is -1.91. The maximum absolute atomic E-state index is 12.8. The van der Waals surface area contributed by atoms with Gasteiger partial charge in [0.25, 0.3) is 5.91 Å². The van der Waals surface area contributed by atoms with Crippen LogP contribution in [0.2, 0.25) is 0 Å². The molecule has 1 amide bonds. The number of nitrogens with zero attached hydrogens (tertiary/aromatic N) is 1. The molecule has 5 heteroatoms. The molecule has 1 saturated heterocycles. The summed E-state index contributed by atoms with van der Waals surface area (Å²) in [4.78, 5) is 23.6. The lowest BCUT2D eigenvalue weighted by atomic mass is 9.99. The summed E-state index contributed by atoms with van der Waals surface area (Å²) in [6, 6.07) is 6.18. The summed E-state index contributed by atoms with van der Waals surface area (Å²) in [7, 11) is 0. The molecule has 0 saturated carbocycles. The van der Waals surface area contributed by atoms with Crippen LogP contribution in [-0.4, -0.2) is 35.0 Å². The predicted molar refractivity (Wildman–Crippen MR) is 52.3 cm³/mol. The van der Waals surface area contributed by atoms with Crippen LogP contribution in [0.5, 0.6) is 0 Å². The van der Waals surface area contributed by atoms with E-state index in [2.05, 4.69) is 6.07 Å². The quantitative estimate of drug-likeness (QED) is 0.804. The van der Waals surface area contributed by atoms with Crippen molar-refractivity contribution in [3.63, 3.8) is 0 Å². The zero-order valence-corrected chi connectivity index (χ0v) is 8.31. The first-order valence-corrected chi connectivity index (χ1v) is 4.77. The van der Waals surface area contributed by atoms with E-state index < -0.39 is 17.7 Å². The minimum Gasteiger partial charge on any atom is -0.481 e. The van der Waals surface area contributed by atoms with Gasteiger partial charge in [0.05, 0.1) is 5.92 Å². The zero-order chi connectivity index (χ0) is 11.7. The summed E-state index contributed by atoms with van der Waals surface area (Å²) in [6.07, 6.45) is 0. The summed E-state index contributed by atoms with van der Waals surface area (Å²) in [6.45, 7) is 0.378. The highest BCUT2D eigenvalue weighted by Crippen LogP contribution is 2.18. The standard InChI is InChI=1S/C11H9FNO3/c12-9-3-1-2-7(4-9)10(14)13-5-8(6-13)11(15)16/h1-2,4,8H,5-6H2,(H,15,16). The second-order valence-electron chi connectivity index (χ2n) is 3.67. The van der Waals surface area contributed by atoms with Crippen molar-refractivity contribution in [2.75, 3.05) is 13.1 Å². The third-order valence-corrected chi connectivity index (χ3v) is 2.53. The smallest absolute Gasteiger partial charge is 0.310 e. The number of benzene rings is 1. The fourth-order valence-electron chi connectivity index (χ4n) is 1.55. The Bertz CT molecular complexity index is 441. The molecule has 0 aliphatic carbocycles. The number of hydrogen-bond donors (Lipinski definition) is 1. The van der Waals surface area contributed by atoms with E-state index in [1.165, 1.54) is 17.0 Å². The number of carboxylic acid groups (broad SMARTS) is 1. The number of carboxylic acids is 1. The number of amides is 1. The summed E-state index contributed by atoms with van der Waals surface area (Å²) >= 11 is 0. The first-order valence-electron chi connectivity index (χ1n) is 4.77. The maximum atomic E-state index is 12.8. The molecule has 1 radical (unpaired) electrons. The molecule has 0 bridgehead atoms. The molecule has 1 N–H and O–H groups in total. The number of carbonyl (C=O) groups excluding carboxylic acids is 1. The van der Waals surface area contributed by atoms with Crippen LogP contribution < -0.4 is 0 Å². The number of likely N-dealkylation sites (tertiary alicyclic amines) is 1. The molecule has 1 aliphatic rings. The number of halogens is 1. The first-order chi connectivity index (χ1) is 7.58. The average molecular weight is 222 g/mol. The third kappa shape index (κ3) is 1.88. The summed E-state index contributed by atoms with van der Waals surface area (Å²) in [5.74, 6) is -2.34. The summed E-state index contributed by atoms with van der Waals surface area (Å²) in [5.41, 5.74) is 0.222. The second-order valence-corrected chi connectivity index (χ2v) is 3.67. The SMILES string of the molecule is O=C(O)C1CN(C(=O)c2cc[c]c(F)c2)C1. The molecule has 83 valence electrons. The van der Waals surface area contributed by atoms with Crippen LogP contribution in [0.3, 0.4) is 0 Å². The summed E-state index contributed by atoms with van der Waals surface area (Å²) in [5, 5.41) is 8.64. The van der Waals surface area contributed by atoms with Crippen LogP contribution >= 0.6 is 0 Å². The van der Waals surface area contributed by atoms with Crippen molar-refractivity contribution in [2.24, 2.45) is 5.92 Å². The van der Waals surface area contributed by atoms with E-state index in [1.807, 2.05) is 0 Å². The van der Waals surface area contributed by atoms with Gasteiger partial charge < -0.3 is 10.0 Å². The monoisotopic (exact) mass is 222 g/mol. The number of rotatable bonds is 2. The van der Waals surface area contributed by atoms with Gasteiger partial charge in [-0.15, -0.1) is 0 Å². The van der Waals surface area contributed by atoms with Gasteiger partial charge in [0.2, 0.25) is 0 Å². The minimum absolute atomic E-state index is 0.189. The highest BCUT2D eigenvalue weighted by Gasteiger charge is 2.35. The largest absolute Gasteiger partial charge is 0.481 e. The van der Waals surface area contributed by atoms with Crippen LogP contribution in [-0.2, 0) is 4.79 Å². The van der Waals surface area contributed by atoms with Gasteiger partial charge in [-0.25, -0.2) is 4.39 Å². The van der Waals surface area contributed by atoms with Gasteiger partial charge in [-0.1, -0.05) is 6.07 Å². The molecule has 0 atom stereocenters. The number of carbonyl (C=O) groups is 2. The Morgan fingerprint density at radius 1 is 1.50 bits per heavy atom. The molecule has 1 aliphatic heterocycles. The van der Waals surface area contributed by atoms with E-state index in [0.717, 1.165) is 6.07 Å². The molecule has 2 rings (SSSR count). The van der Waals surface area contributed by atoms with Crippen LogP contribution in [0, 0.1) is 17.8 Å². The van der Waals surface area contributed by atoms with Gasteiger partial charge >= 0.3 is 5.97 Å². The molecular formula is C11H9FNO3. The molecule has 0 unspecified atom stereocenters. The highest BCUT2D eigenvalue weighted by atomic mass is 19.1. The van der Waals surface area contributed by atoms with Gasteiger partial charge in [-0.05, 0) is 12.1 Å². The molecule has 4 nitrogen and oxygen atoms in total. The van der Waals surface area contributed by atoms with Gasteiger partial charge in [-0.2, -0.15) is 0 Å². The maximum Gasteiger partial charge on any atom is 0.310 e. The fourth-order valence-corrected chi connectivity index (χ4v) is 1.55. The van der Waals surface area contributed by atoms with Gasteiger partial charge in [0.15, 0.2) is 0 Å². The Balaban J connectivity index is 2.03. The molecule has 1 heterocycles.